The summed E-state index contributed by atoms with van der Waals surface area (Å²) in [4.78, 5) is 20.9. The van der Waals surface area contributed by atoms with Gasteiger partial charge in [0, 0.05) is 6.20 Å². The zero-order valence-corrected chi connectivity index (χ0v) is 15.2. The molecular formula is C15H12BrCl2N3O2. The zero-order valence-electron chi connectivity index (χ0n) is 12.0. The number of benzene rings is 1. The molecule has 0 atom stereocenters. The second-order valence-corrected chi connectivity index (χ2v) is 5.67. The van der Waals surface area contributed by atoms with Gasteiger partial charge < -0.3 is 5.11 Å². The molecule has 0 bridgehead atoms. The number of phenols is 1. The molecule has 0 radical (unpaired) electrons. The number of aromatic hydroxyl groups is 1. The van der Waals surface area contributed by atoms with E-state index >= 15 is 0 Å². The molecule has 2 aromatic heterocycles. The van der Waals surface area contributed by atoms with E-state index in [-0.39, 0.29) is 55.8 Å². The molecular weight excluding hydrogens is 405 g/mol. The standard InChI is InChI=1S/C15H11Cl2N3O2.BrH/c1-8-3-2-4-18-11(8)6-20-7-19-13-12(15(20)22)9(16)5-10(17)14(13)21;/h2-5,7,21H,6H2,1H3;1H. The topological polar surface area (TPSA) is 68.0 Å². The van der Waals surface area contributed by atoms with E-state index in [1.807, 2.05) is 19.1 Å². The molecule has 0 aliphatic rings. The number of rotatable bonds is 2. The van der Waals surface area contributed by atoms with Crippen LogP contribution >= 0.6 is 40.2 Å². The maximum atomic E-state index is 12.6. The van der Waals surface area contributed by atoms with Crippen molar-refractivity contribution >= 4 is 51.1 Å². The summed E-state index contributed by atoms with van der Waals surface area (Å²) in [7, 11) is 0. The van der Waals surface area contributed by atoms with Crippen molar-refractivity contribution in [3.05, 3.63) is 62.4 Å². The molecule has 1 aromatic carbocycles. The molecule has 0 saturated carbocycles. The Balaban J connectivity index is 0.00000192. The monoisotopic (exact) mass is 415 g/mol. The number of aromatic nitrogens is 3. The van der Waals surface area contributed by atoms with Gasteiger partial charge in [0.15, 0.2) is 5.75 Å². The van der Waals surface area contributed by atoms with Gasteiger partial charge in [0.1, 0.15) is 5.52 Å². The summed E-state index contributed by atoms with van der Waals surface area (Å²) in [5.41, 5.74) is 1.48. The number of aryl methyl sites for hydroxylation is 1. The molecule has 0 saturated heterocycles. The number of phenolic OH excluding ortho intramolecular Hbond substituents is 1. The van der Waals surface area contributed by atoms with E-state index in [1.165, 1.54) is 17.0 Å². The average Bonchev–Trinajstić information content (AvgIpc) is 2.49. The van der Waals surface area contributed by atoms with Gasteiger partial charge >= 0.3 is 0 Å². The van der Waals surface area contributed by atoms with Gasteiger partial charge in [-0.3, -0.25) is 14.3 Å². The van der Waals surface area contributed by atoms with Crippen molar-refractivity contribution < 1.29 is 5.11 Å². The minimum atomic E-state index is -0.355. The van der Waals surface area contributed by atoms with Crippen molar-refractivity contribution in [3.8, 4) is 5.75 Å². The molecule has 23 heavy (non-hydrogen) atoms. The molecule has 0 fully saturated rings. The Bertz CT molecular complexity index is 944. The van der Waals surface area contributed by atoms with Gasteiger partial charge in [-0.15, -0.1) is 17.0 Å². The van der Waals surface area contributed by atoms with Crippen LogP contribution in [0.15, 0.2) is 35.5 Å². The second kappa shape index (κ2) is 6.86. The molecule has 0 aliphatic carbocycles. The Kier molecular flexibility index (Phi) is 5.29. The first-order valence-electron chi connectivity index (χ1n) is 6.45. The van der Waals surface area contributed by atoms with E-state index in [2.05, 4.69) is 9.97 Å². The van der Waals surface area contributed by atoms with Crippen LogP contribution in [0.5, 0.6) is 5.75 Å². The number of pyridine rings is 1. The fourth-order valence-electron chi connectivity index (χ4n) is 2.21. The zero-order chi connectivity index (χ0) is 15.9. The number of nitrogens with zero attached hydrogens (tertiary/aromatic N) is 3. The highest BCUT2D eigenvalue weighted by Crippen LogP contribution is 2.34. The highest BCUT2D eigenvalue weighted by Gasteiger charge is 2.15. The SMILES string of the molecule is Br.Cc1cccnc1Cn1cnc2c(O)c(Cl)cc(Cl)c2c1=O. The molecule has 5 nitrogen and oxygen atoms in total. The lowest BCUT2D eigenvalue weighted by Gasteiger charge is -2.10. The third-order valence-electron chi connectivity index (χ3n) is 3.42. The lowest BCUT2D eigenvalue weighted by molar-refractivity contribution is 0.480. The van der Waals surface area contributed by atoms with Crippen molar-refractivity contribution in [1.29, 1.82) is 0 Å². The largest absolute Gasteiger partial charge is 0.504 e. The fourth-order valence-corrected chi connectivity index (χ4v) is 2.74. The van der Waals surface area contributed by atoms with Gasteiger partial charge in [-0.1, -0.05) is 29.3 Å². The maximum absolute atomic E-state index is 12.6. The van der Waals surface area contributed by atoms with Crippen LogP contribution in [0.2, 0.25) is 10.0 Å². The number of hydrogen-bond acceptors (Lipinski definition) is 4. The van der Waals surface area contributed by atoms with Gasteiger partial charge in [-0.25, -0.2) is 4.98 Å². The van der Waals surface area contributed by atoms with Crippen LogP contribution in [0.4, 0.5) is 0 Å². The summed E-state index contributed by atoms with van der Waals surface area (Å²) in [5, 5.41) is 10.3. The predicted molar refractivity (Wildman–Crippen MR) is 96.1 cm³/mol. The first-order valence-corrected chi connectivity index (χ1v) is 7.21. The van der Waals surface area contributed by atoms with Crippen LogP contribution in [0.3, 0.4) is 0 Å². The average molecular weight is 417 g/mol. The Labute approximate surface area is 152 Å². The summed E-state index contributed by atoms with van der Waals surface area (Å²) >= 11 is 11.9. The number of fused-ring (bicyclic) bond motifs is 1. The van der Waals surface area contributed by atoms with Crippen molar-refractivity contribution in [2.24, 2.45) is 0 Å². The Morgan fingerprint density at radius 2 is 2.00 bits per heavy atom. The van der Waals surface area contributed by atoms with Crippen molar-refractivity contribution in [3.63, 3.8) is 0 Å². The Hall–Kier alpha value is -1.63. The summed E-state index contributed by atoms with van der Waals surface area (Å²) in [6.07, 6.45) is 3.02. The molecule has 0 amide bonds. The lowest BCUT2D eigenvalue weighted by Crippen LogP contribution is -2.22. The van der Waals surface area contributed by atoms with Crippen molar-refractivity contribution in [2.75, 3.05) is 0 Å². The highest BCUT2D eigenvalue weighted by atomic mass is 79.9. The molecule has 0 aliphatic heterocycles. The molecule has 3 aromatic rings. The van der Waals surface area contributed by atoms with Gasteiger partial charge in [0.05, 0.1) is 34.0 Å². The van der Waals surface area contributed by atoms with Gasteiger partial charge in [0.2, 0.25) is 0 Å². The second-order valence-electron chi connectivity index (χ2n) is 4.86. The molecule has 3 rings (SSSR count). The molecule has 120 valence electrons. The molecule has 0 unspecified atom stereocenters. The van der Waals surface area contributed by atoms with Gasteiger partial charge in [-0.2, -0.15) is 0 Å². The highest BCUT2D eigenvalue weighted by molar-refractivity contribution is 8.93. The third-order valence-corrected chi connectivity index (χ3v) is 4.00. The Morgan fingerprint density at radius 1 is 1.26 bits per heavy atom. The van der Waals surface area contributed by atoms with E-state index in [9.17, 15) is 9.90 Å². The molecule has 1 N–H and O–H groups in total. The summed E-state index contributed by atoms with van der Waals surface area (Å²) in [6.45, 7) is 2.19. The smallest absolute Gasteiger partial charge is 0.263 e. The van der Waals surface area contributed by atoms with Crippen LogP contribution in [0, 0.1) is 6.92 Å². The first kappa shape index (κ1) is 17.7. The fraction of sp³-hybridized carbons (Fsp3) is 0.133. The van der Waals surface area contributed by atoms with Crippen molar-refractivity contribution in [1.82, 2.24) is 14.5 Å². The van der Waals surface area contributed by atoms with Gasteiger partial charge in [0.25, 0.3) is 5.56 Å². The van der Waals surface area contributed by atoms with Crippen LogP contribution in [0.25, 0.3) is 10.9 Å². The third kappa shape index (κ3) is 3.20. The lowest BCUT2D eigenvalue weighted by atomic mass is 10.2. The van der Waals surface area contributed by atoms with E-state index < -0.39 is 0 Å². The molecule has 2 heterocycles. The van der Waals surface area contributed by atoms with Crippen LogP contribution in [-0.2, 0) is 6.54 Å². The minimum Gasteiger partial charge on any atom is -0.504 e. The van der Waals surface area contributed by atoms with E-state index in [0.717, 1.165) is 11.3 Å². The van der Waals surface area contributed by atoms with E-state index in [4.69, 9.17) is 23.2 Å². The van der Waals surface area contributed by atoms with Crippen LogP contribution in [-0.4, -0.2) is 19.6 Å². The van der Waals surface area contributed by atoms with E-state index in [0.29, 0.717) is 0 Å². The predicted octanol–water partition coefficient (Wildman–Crippen LogP) is 3.74. The first-order chi connectivity index (χ1) is 10.5. The van der Waals surface area contributed by atoms with Gasteiger partial charge in [-0.05, 0) is 24.6 Å². The normalized spacial score (nSPS) is 10.6. The summed E-state index contributed by atoms with van der Waals surface area (Å²) < 4.78 is 1.40. The van der Waals surface area contributed by atoms with Crippen LogP contribution in [0.1, 0.15) is 11.3 Å². The van der Waals surface area contributed by atoms with Crippen molar-refractivity contribution in [2.45, 2.75) is 13.5 Å². The quantitative estimate of drug-likeness (QED) is 0.690. The van der Waals surface area contributed by atoms with Crippen LogP contribution < -0.4 is 5.56 Å². The molecule has 0 spiro atoms. The maximum Gasteiger partial charge on any atom is 0.263 e. The number of hydrogen-bond donors (Lipinski definition) is 1. The summed E-state index contributed by atoms with van der Waals surface area (Å²) in [5.74, 6) is -0.251. The summed E-state index contributed by atoms with van der Waals surface area (Å²) in [6, 6.07) is 5.08. The van der Waals surface area contributed by atoms with E-state index in [1.54, 1.807) is 6.20 Å². The molecule has 8 heteroatoms. The Morgan fingerprint density at radius 3 is 2.70 bits per heavy atom. The number of halogens is 3. The minimum absolute atomic E-state index is 0.